The number of allylic oxidation sites excluding steroid dienone is 6. The zero-order valence-electron chi connectivity index (χ0n) is 38.7. The summed E-state index contributed by atoms with van der Waals surface area (Å²) in [5.41, 5.74) is 0. The Balaban J connectivity index is 4.23. The predicted molar refractivity (Wildman–Crippen MR) is 248 cm³/mol. The van der Waals surface area contributed by atoms with Crippen molar-refractivity contribution in [2.24, 2.45) is 0 Å². The lowest BCUT2D eigenvalue weighted by molar-refractivity contribution is -0.161. The molecule has 0 spiro atoms. The van der Waals surface area contributed by atoms with Crippen molar-refractivity contribution >= 4 is 19.8 Å². The Labute approximate surface area is 363 Å². The highest BCUT2D eigenvalue weighted by Gasteiger charge is 2.26. The number of esters is 2. The van der Waals surface area contributed by atoms with Gasteiger partial charge in [0.25, 0.3) is 0 Å². The molecule has 0 aromatic rings. The van der Waals surface area contributed by atoms with Crippen LogP contribution in [0, 0.1) is 0 Å². The van der Waals surface area contributed by atoms with E-state index in [0.717, 1.165) is 51.4 Å². The van der Waals surface area contributed by atoms with E-state index >= 15 is 0 Å². The molecule has 0 bridgehead atoms. The van der Waals surface area contributed by atoms with Crippen molar-refractivity contribution in [3.05, 3.63) is 36.5 Å². The Kier molecular flexibility index (Phi) is 43.0. The van der Waals surface area contributed by atoms with E-state index in [9.17, 15) is 19.0 Å². The van der Waals surface area contributed by atoms with Gasteiger partial charge in [-0.15, -0.1) is 0 Å². The monoisotopic (exact) mass is 854 g/mol. The highest BCUT2D eigenvalue weighted by atomic mass is 31.2. The minimum atomic E-state index is -4.37. The molecule has 0 aliphatic rings. The first kappa shape index (κ1) is 57.2. The number of phosphoric acid groups is 1. The summed E-state index contributed by atoms with van der Waals surface area (Å²) in [5.74, 6) is -0.807. The van der Waals surface area contributed by atoms with Crippen LogP contribution in [0.25, 0.3) is 0 Å². The summed E-state index contributed by atoms with van der Waals surface area (Å²) < 4.78 is 33.6. The molecule has 346 valence electrons. The number of carbonyl (C=O) groups is 2. The first-order valence-electron chi connectivity index (χ1n) is 24.3. The van der Waals surface area contributed by atoms with Crippen LogP contribution in [0.3, 0.4) is 0 Å². The van der Waals surface area contributed by atoms with Crippen molar-refractivity contribution in [2.45, 2.75) is 225 Å². The average molecular weight is 854 g/mol. The van der Waals surface area contributed by atoms with Gasteiger partial charge in [0.15, 0.2) is 6.10 Å². The number of hydrogen-bond donors (Lipinski definition) is 1. The lowest BCUT2D eigenvalue weighted by Crippen LogP contribution is -2.29. The van der Waals surface area contributed by atoms with Gasteiger partial charge in [-0.05, 0) is 84.7 Å². The van der Waals surface area contributed by atoms with Crippen LogP contribution in [0.4, 0.5) is 0 Å². The largest absolute Gasteiger partial charge is 0.472 e. The molecule has 0 aromatic heterocycles. The van der Waals surface area contributed by atoms with Gasteiger partial charge in [0, 0.05) is 19.4 Å². The second-order valence-electron chi connectivity index (χ2n) is 16.6. The lowest BCUT2D eigenvalue weighted by atomic mass is 10.1. The summed E-state index contributed by atoms with van der Waals surface area (Å²) in [6.45, 7) is 4.31. The van der Waals surface area contributed by atoms with Crippen LogP contribution < -0.4 is 0 Å². The maximum atomic E-state index is 12.7. The van der Waals surface area contributed by atoms with Gasteiger partial charge in [-0.2, -0.15) is 0 Å². The van der Waals surface area contributed by atoms with Gasteiger partial charge in [-0.3, -0.25) is 18.6 Å². The van der Waals surface area contributed by atoms with Crippen molar-refractivity contribution in [2.75, 3.05) is 40.5 Å². The molecule has 0 aliphatic heterocycles. The first-order chi connectivity index (χ1) is 28.7. The molecular formula is C49H92NO8P. The highest BCUT2D eigenvalue weighted by molar-refractivity contribution is 7.47. The van der Waals surface area contributed by atoms with Crippen molar-refractivity contribution in [3.8, 4) is 0 Å². The molecule has 0 saturated carbocycles. The molecule has 0 heterocycles. The van der Waals surface area contributed by atoms with Gasteiger partial charge in [0.2, 0.25) is 0 Å². The zero-order valence-corrected chi connectivity index (χ0v) is 39.6. The van der Waals surface area contributed by atoms with Crippen molar-refractivity contribution in [1.29, 1.82) is 0 Å². The van der Waals surface area contributed by atoms with Crippen molar-refractivity contribution in [3.63, 3.8) is 0 Å². The summed E-state index contributed by atoms with van der Waals surface area (Å²) in [5, 5.41) is 0. The van der Waals surface area contributed by atoms with Gasteiger partial charge >= 0.3 is 19.8 Å². The minimum absolute atomic E-state index is 0.00604. The van der Waals surface area contributed by atoms with Crippen LogP contribution in [-0.4, -0.2) is 68.3 Å². The van der Waals surface area contributed by atoms with Crippen LogP contribution in [0.5, 0.6) is 0 Å². The molecule has 0 rings (SSSR count). The lowest BCUT2D eigenvalue weighted by Gasteiger charge is -2.20. The zero-order chi connectivity index (χ0) is 43.3. The third-order valence-corrected chi connectivity index (χ3v) is 11.4. The summed E-state index contributed by atoms with van der Waals surface area (Å²) in [7, 11) is -0.714. The van der Waals surface area contributed by atoms with Crippen molar-refractivity contribution < 1.29 is 37.6 Å². The number of unbranched alkanes of at least 4 members (excludes halogenated alkanes) is 25. The average Bonchev–Trinajstić information content (AvgIpc) is 3.20. The second-order valence-corrected chi connectivity index (χ2v) is 18.1. The van der Waals surface area contributed by atoms with E-state index in [0.29, 0.717) is 13.0 Å². The number of likely N-dealkylation sites (N-methyl/N-ethyl adjacent to an activating group) is 1. The Morgan fingerprint density at radius 2 is 0.915 bits per heavy atom. The van der Waals surface area contributed by atoms with Gasteiger partial charge in [0.1, 0.15) is 6.61 Å². The van der Waals surface area contributed by atoms with Gasteiger partial charge in [0.05, 0.1) is 13.2 Å². The van der Waals surface area contributed by atoms with E-state index < -0.39 is 26.5 Å². The van der Waals surface area contributed by atoms with Crippen molar-refractivity contribution in [1.82, 2.24) is 4.90 Å². The molecule has 0 aliphatic carbocycles. The molecule has 10 heteroatoms. The van der Waals surface area contributed by atoms with Gasteiger partial charge in [-0.1, -0.05) is 172 Å². The molecule has 0 fully saturated rings. The number of ether oxygens (including phenoxy) is 2. The molecule has 59 heavy (non-hydrogen) atoms. The van der Waals surface area contributed by atoms with E-state index in [1.54, 1.807) is 0 Å². The fraction of sp³-hybridized carbons (Fsp3) is 0.837. The number of phosphoric ester groups is 1. The van der Waals surface area contributed by atoms with Crippen LogP contribution in [-0.2, 0) is 32.7 Å². The molecule has 0 radical (unpaired) electrons. The highest BCUT2D eigenvalue weighted by Crippen LogP contribution is 2.43. The number of nitrogens with zero attached hydrogens (tertiary/aromatic N) is 1. The van der Waals surface area contributed by atoms with E-state index in [2.05, 4.69) is 50.3 Å². The topological polar surface area (TPSA) is 112 Å². The molecule has 1 N–H and O–H groups in total. The maximum absolute atomic E-state index is 12.7. The molecule has 2 atom stereocenters. The summed E-state index contributed by atoms with van der Waals surface area (Å²) in [6, 6.07) is 0. The van der Waals surface area contributed by atoms with E-state index in [1.807, 2.05) is 19.0 Å². The predicted octanol–water partition coefficient (Wildman–Crippen LogP) is 14.3. The Morgan fingerprint density at radius 3 is 1.39 bits per heavy atom. The quantitative estimate of drug-likeness (QED) is 0.0277. The third kappa shape index (κ3) is 45.6. The van der Waals surface area contributed by atoms with Gasteiger partial charge in [-0.25, -0.2) is 4.57 Å². The van der Waals surface area contributed by atoms with E-state index in [4.69, 9.17) is 18.5 Å². The van der Waals surface area contributed by atoms with E-state index in [1.165, 1.54) is 135 Å². The molecule has 0 saturated heterocycles. The Hall–Kier alpha value is -1.77. The summed E-state index contributed by atoms with van der Waals surface area (Å²) in [4.78, 5) is 37.1. The maximum Gasteiger partial charge on any atom is 0.472 e. The van der Waals surface area contributed by atoms with Crippen LogP contribution in [0.1, 0.15) is 219 Å². The standard InChI is InChI=1S/C49H92NO8P/c1-5-7-9-11-13-15-17-19-21-23-24-26-28-30-32-34-36-38-40-42-49(52)58-47(46-57-59(53,54)56-44-43-50(3)4)45-55-48(51)41-39-37-35-33-31-29-27-25-22-20-18-16-14-12-10-8-6-2/h13,15,19-22,47H,5-12,14,16-18,23-46H2,1-4H3,(H,53,54)/b15-13-,21-19-,22-20-. The molecular weight excluding hydrogens is 762 g/mol. The van der Waals surface area contributed by atoms with Crippen LogP contribution in [0.2, 0.25) is 0 Å². The summed E-state index contributed by atoms with van der Waals surface area (Å²) >= 11 is 0. The van der Waals surface area contributed by atoms with Crippen LogP contribution in [0.15, 0.2) is 36.5 Å². The number of carbonyl (C=O) groups excluding carboxylic acids is 2. The number of hydrogen-bond acceptors (Lipinski definition) is 8. The smallest absolute Gasteiger partial charge is 0.462 e. The first-order valence-corrected chi connectivity index (χ1v) is 25.8. The Bertz CT molecular complexity index is 1080. The fourth-order valence-electron chi connectivity index (χ4n) is 6.65. The summed E-state index contributed by atoms with van der Waals surface area (Å²) in [6.07, 6.45) is 49.0. The molecule has 9 nitrogen and oxygen atoms in total. The fourth-order valence-corrected chi connectivity index (χ4v) is 7.40. The van der Waals surface area contributed by atoms with Crippen LogP contribution >= 0.6 is 7.82 Å². The Morgan fingerprint density at radius 1 is 0.525 bits per heavy atom. The van der Waals surface area contributed by atoms with Gasteiger partial charge < -0.3 is 19.3 Å². The SMILES string of the molecule is CCCCC/C=C\C/C=C\CCCCCCCCCCCC(=O)OC(COC(=O)CCCCCCCCC/C=C\CCCCCCCC)COP(=O)(O)OCCN(C)C. The molecule has 2 unspecified atom stereocenters. The van der Waals surface area contributed by atoms with E-state index in [-0.39, 0.29) is 32.0 Å². The second kappa shape index (κ2) is 44.3. The minimum Gasteiger partial charge on any atom is -0.462 e. The normalized spacial score (nSPS) is 13.6. The molecule has 0 aromatic carbocycles. The number of rotatable bonds is 45. The molecule has 0 amide bonds. The third-order valence-electron chi connectivity index (χ3n) is 10.4.